The smallest absolute Gasteiger partial charge is 0.227 e. The molecule has 0 aromatic heterocycles. The highest BCUT2D eigenvalue weighted by atomic mass is 16.5. The summed E-state index contributed by atoms with van der Waals surface area (Å²) in [6.45, 7) is 9.12. The van der Waals surface area contributed by atoms with Gasteiger partial charge in [0.2, 0.25) is 5.91 Å². The number of carbonyl (C=O) groups is 1. The minimum Gasteiger partial charge on any atom is -0.375 e. The quantitative estimate of drug-likeness (QED) is 0.792. The van der Waals surface area contributed by atoms with Crippen LogP contribution in [-0.2, 0) is 9.53 Å². The topological polar surface area (TPSA) is 50.4 Å². The van der Waals surface area contributed by atoms with Crippen molar-refractivity contribution in [2.24, 2.45) is 5.41 Å². The number of ether oxygens (including phenoxy) is 1. The molecule has 2 aliphatic rings. The lowest BCUT2D eigenvalue weighted by atomic mass is 9.80. The summed E-state index contributed by atoms with van der Waals surface area (Å²) in [7, 11) is 0. The van der Waals surface area contributed by atoms with Crippen LogP contribution < -0.4 is 10.6 Å². The second-order valence-electron chi connectivity index (χ2n) is 6.86. The van der Waals surface area contributed by atoms with E-state index in [1.54, 1.807) is 0 Å². The van der Waals surface area contributed by atoms with E-state index < -0.39 is 0 Å². The van der Waals surface area contributed by atoms with Crippen LogP contribution in [0, 0.1) is 5.41 Å². The average Bonchev–Trinajstić information content (AvgIpc) is 2.98. The summed E-state index contributed by atoms with van der Waals surface area (Å²) in [4.78, 5) is 12.8. The van der Waals surface area contributed by atoms with Crippen LogP contribution in [0.15, 0.2) is 0 Å². The molecule has 2 unspecified atom stereocenters. The molecule has 0 spiro atoms. The Labute approximate surface area is 129 Å². The van der Waals surface area contributed by atoms with E-state index in [-0.39, 0.29) is 23.0 Å². The van der Waals surface area contributed by atoms with Gasteiger partial charge in [0.05, 0.1) is 11.0 Å². The van der Waals surface area contributed by atoms with Gasteiger partial charge in [-0.25, -0.2) is 0 Å². The highest BCUT2D eigenvalue weighted by Crippen LogP contribution is 2.34. The van der Waals surface area contributed by atoms with Crippen molar-refractivity contribution < 1.29 is 9.53 Å². The molecule has 0 saturated carbocycles. The van der Waals surface area contributed by atoms with Crippen molar-refractivity contribution in [2.45, 2.75) is 77.4 Å². The molecule has 21 heavy (non-hydrogen) atoms. The van der Waals surface area contributed by atoms with E-state index >= 15 is 0 Å². The van der Waals surface area contributed by atoms with Crippen LogP contribution in [0.25, 0.3) is 0 Å². The van der Waals surface area contributed by atoms with Gasteiger partial charge in [0, 0.05) is 19.2 Å². The Hall–Kier alpha value is -0.610. The lowest BCUT2D eigenvalue weighted by molar-refractivity contribution is -0.135. The molecule has 0 aromatic carbocycles. The van der Waals surface area contributed by atoms with Gasteiger partial charge in [-0.2, -0.15) is 0 Å². The van der Waals surface area contributed by atoms with Crippen LogP contribution in [0.1, 0.15) is 65.7 Å². The van der Waals surface area contributed by atoms with Crippen LogP contribution in [0.5, 0.6) is 0 Å². The van der Waals surface area contributed by atoms with Gasteiger partial charge in [-0.05, 0) is 45.1 Å². The van der Waals surface area contributed by atoms with Gasteiger partial charge in [0.1, 0.15) is 0 Å². The monoisotopic (exact) mass is 296 g/mol. The molecule has 4 heteroatoms. The van der Waals surface area contributed by atoms with E-state index in [0.717, 1.165) is 64.6 Å². The maximum Gasteiger partial charge on any atom is 0.227 e. The number of hydrogen-bond acceptors (Lipinski definition) is 3. The fourth-order valence-corrected chi connectivity index (χ4v) is 3.98. The Balaban J connectivity index is 1.98. The van der Waals surface area contributed by atoms with Crippen LogP contribution >= 0.6 is 0 Å². The molecule has 0 aromatic rings. The molecule has 0 bridgehead atoms. The highest BCUT2D eigenvalue weighted by molar-refractivity contribution is 5.83. The molecule has 2 N–H and O–H groups in total. The Bertz CT molecular complexity index is 347. The third-order valence-electron chi connectivity index (χ3n) is 5.57. The minimum atomic E-state index is -0.172. The summed E-state index contributed by atoms with van der Waals surface area (Å²) >= 11 is 0. The molecule has 4 nitrogen and oxygen atoms in total. The van der Waals surface area contributed by atoms with E-state index in [0.29, 0.717) is 0 Å². The van der Waals surface area contributed by atoms with Crippen LogP contribution in [0.2, 0.25) is 0 Å². The minimum absolute atomic E-state index is 0.0258. The molecule has 2 heterocycles. The number of amides is 1. The van der Waals surface area contributed by atoms with E-state index in [1.807, 2.05) is 0 Å². The molecule has 2 saturated heterocycles. The molecule has 2 fully saturated rings. The molecule has 0 radical (unpaired) electrons. The van der Waals surface area contributed by atoms with Gasteiger partial charge >= 0.3 is 0 Å². The number of nitrogens with one attached hydrogen (secondary N) is 2. The van der Waals surface area contributed by atoms with Crippen LogP contribution in [-0.4, -0.2) is 37.2 Å². The maximum absolute atomic E-state index is 12.8. The second kappa shape index (κ2) is 7.10. The van der Waals surface area contributed by atoms with Crippen LogP contribution in [0.4, 0.5) is 0 Å². The van der Waals surface area contributed by atoms with Gasteiger partial charge in [-0.15, -0.1) is 0 Å². The SMILES string of the molecule is CCCC1(C(=O)NC2CCOC(CC)(CC)C2)CCNC1. The van der Waals surface area contributed by atoms with Crippen molar-refractivity contribution in [3.8, 4) is 0 Å². The molecule has 2 aliphatic heterocycles. The summed E-state index contributed by atoms with van der Waals surface area (Å²) in [6.07, 6.45) is 6.99. The maximum atomic E-state index is 12.8. The van der Waals surface area contributed by atoms with E-state index in [2.05, 4.69) is 31.4 Å². The van der Waals surface area contributed by atoms with Gasteiger partial charge in [-0.3, -0.25) is 4.79 Å². The first-order valence-corrected chi connectivity index (χ1v) is 8.75. The van der Waals surface area contributed by atoms with Crippen molar-refractivity contribution in [1.82, 2.24) is 10.6 Å². The zero-order valence-corrected chi connectivity index (χ0v) is 14.0. The first kappa shape index (κ1) is 16.8. The summed E-state index contributed by atoms with van der Waals surface area (Å²) in [5.74, 6) is 0.266. The van der Waals surface area contributed by atoms with Crippen molar-refractivity contribution in [3.05, 3.63) is 0 Å². The highest BCUT2D eigenvalue weighted by Gasteiger charge is 2.42. The van der Waals surface area contributed by atoms with Crippen molar-refractivity contribution in [2.75, 3.05) is 19.7 Å². The lowest BCUT2D eigenvalue weighted by Gasteiger charge is -2.41. The molecule has 2 rings (SSSR count). The summed E-state index contributed by atoms with van der Waals surface area (Å²) in [5, 5.41) is 6.72. The largest absolute Gasteiger partial charge is 0.375 e. The molecular formula is C17H32N2O2. The number of rotatable bonds is 6. The third-order valence-corrected chi connectivity index (χ3v) is 5.57. The Morgan fingerprint density at radius 3 is 2.67 bits per heavy atom. The Morgan fingerprint density at radius 1 is 1.33 bits per heavy atom. The molecular weight excluding hydrogens is 264 g/mol. The van der Waals surface area contributed by atoms with Gasteiger partial charge in [-0.1, -0.05) is 27.2 Å². The fraction of sp³-hybridized carbons (Fsp3) is 0.941. The summed E-state index contributed by atoms with van der Waals surface area (Å²) in [5.41, 5.74) is -0.198. The first-order chi connectivity index (χ1) is 10.1. The third kappa shape index (κ3) is 3.59. The van der Waals surface area contributed by atoms with Gasteiger partial charge in [0.25, 0.3) is 0 Å². The van der Waals surface area contributed by atoms with Crippen molar-refractivity contribution >= 4 is 5.91 Å². The predicted molar refractivity (Wildman–Crippen MR) is 85.3 cm³/mol. The molecule has 122 valence electrons. The summed E-state index contributed by atoms with van der Waals surface area (Å²) in [6, 6.07) is 0.278. The van der Waals surface area contributed by atoms with Gasteiger partial charge in [0.15, 0.2) is 0 Å². The standard InChI is InChI=1S/C17H32N2O2/c1-4-8-16(9-10-18-13-16)15(20)19-14-7-11-21-17(5-2,6-3)12-14/h14,18H,4-13H2,1-3H3,(H,19,20). The predicted octanol–water partition coefficient (Wildman–Crippen LogP) is 2.62. The Morgan fingerprint density at radius 2 is 2.10 bits per heavy atom. The first-order valence-electron chi connectivity index (χ1n) is 8.75. The molecule has 2 atom stereocenters. The zero-order valence-electron chi connectivity index (χ0n) is 14.0. The van der Waals surface area contributed by atoms with E-state index in [1.165, 1.54) is 0 Å². The average molecular weight is 296 g/mol. The van der Waals surface area contributed by atoms with Crippen molar-refractivity contribution in [1.29, 1.82) is 0 Å². The lowest BCUT2D eigenvalue weighted by Crippen LogP contribution is -2.52. The fourth-order valence-electron chi connectivity index (χ4n) is 3.98. The van der Waals surface area contributed by atoms with Crippen LogP contribution in [0.3, 0.4) is 0 Å². The van der Waals surface area contributed by atoms with E-state index in [4.69, 9.17) is 4.74 Å². The van der Waals surface area contributed by atoms with E-state index in [9.17, 15) is 4.79 Å². The van der Waals surface area contributed by atoms with Gasteiger partial charge < -0.3 is 15.4 Å². The second-order valence-corrected chi connectivity index (χ2v) is 6.86. The number of hydrogen-bond donors (Lipinski definition) is 2. The van der Waals surface area contributed by atoms with Crippen molar-refractivity contribution in [3.63, 3.8) is 0 Å². The summed E-state index contributed by atoms with van der Waals surface area (Å²) < 4.78 is 6.01. The molecule has 0 aliphatic carbocycles. The number of carbonyl (C=O) groups excluding carboxylic acids is 1. The normalized spacial score (nSPS) is 32.0. The zero-order chi connectivity index (χ0) is 15.3. The molecule has 1 amide bonds. The Kier molecular flexibility index (Phi) is 5.67.